The quantitative estimate of drug-likeness (QED) is 0.0769. The molecule has 0 saturated heterocycles. The van der Waals surface area contributed by atoms with Gasteiger partial charge in [-0.05, 0) is 162 Å². The second-order valence-corrected chi connectivity index (χ2v) is 19.8. The summed E-state index contributed by atoms with van der Waals surface area (Å²) in [4.78, 5) is 43.1. The summed E-state index contributed by atoms with van der Waals surface area (Å²) in [6.45, 7) is 10.8. The molecule has 0 aliphatic heterocycles. The van der Waals surface area contributed by atoms with Crippen LogP contribution in [0.4, 0.5) is 0 Å². The van der Waals surface area contributed by atoms with Crippen molar-refractivity contribution >= 4 is 30.3 Å². The Labute approximate surface area is 355 Å². The molecule has 332 valence electrons. The molecule has 4 saturated carbocycles. The fourth-order valence-electron chi connectivity index (χ4n) is 12.6. The fourth-order valence-corrected chi connectivity index (χ4v) is 12.6. The minimum Gasteiger partial charge on any atom is -0.423 e. The number of carbonyl (C=O) groups is 3. The Kier molecular flexibility index (Phi) is 16.9. The zero-order valence-corrected chi connectivity index (χ0v) is 37.3. The summed E-state index contributed by atoms with van der Waals surface area (Å²) < 4.78 is 0. The number of aliphatic hydroxyl groups excluding tert-OH is 2. The highest BCUT2D eigenvalue weighted by molar-refractivity contribution is 6.59. The molecule has 0 radical (unpaired) electrons. The van der Waals surface area contributed by atoms with Crippen LogP contribution in [-0.4, -0.2) is 120 Å². The summed E-state index contributed by atoms with van der Waals surface area (Å²) in [6, 6.07) is 5.42. The van der Waals surface area contributed by atoms with Crippen molar-refractivity contribution in [1.29, 1.82) is 0 Å². The van der Waals surface area contributed by atoms with E-state index in [4.69, 9.17) is 0 Å². The molecule has 0 spiro atoms. The molecule has 0 bridgehead atoms. The molecule has 4 fully saturated rings. The van der Waals surface area contributed by atoms with Gasteiger partial charge in [0, 0.05) is 39.6 Å². The van der Waals surface area contributed by atoms with Gasteiger partial charge in [-0.3, -0.25) is 14.4 Å². The summed E-state index contributed by atoms with van der Waals surface area (Å²) in [5, 5.41) is 49.2. The number of fused-ring (bicyclic) bond motifs is 5. The number of carbonyl (C=O) groups excluding carboxylic acids is 3. The first-order valence-electron chi connectivity index (χ1n) is 23.0. The first kappa shape index (κ1) is 47.5. The van der Waals surface area contributed by atoms with Crippen LogP contribution in [0.3, 0.4) is 0 Å². The van der Waals surface area contributed by atoms with E-state index in [0.29, 0.717) is 79.5 Å². The molecule has 13 heteroatoms. The summed E-state index contributed by atoms with van der Waals surface area (Å²) >= 11 is 0. The van der Waals surface area contributed by atoms with Gasteiger partial charge in [-0.1, -0.05) is 45.0 Å². The van der Waals surface area contributed by atoms with Crippen molar-refractivity contribution in [2.24, 2.45) is 46.3 Å². The molecular weight excluding hydrogens is 745 g/mol. The maximum Gasteiger partial charge on any atom is 0.488 e. The van der Waals surface area contributed by atoms with Gasteiger partial charge in [-0.2, -0.15) is 0 Å². The van der Waals surface area contributed by atoms with Crippen LogP contribution in [0.25, 0.3) is 0 Å². The van der Waals surface area contributed by atoms with Gasteiger partial charge in [-0.25, -0.2) is 0 Å². The van der Waals surface area contributed by atoms with E-state index in [2.05, 4.69) is 36.7 Å². The van der Waals surface area contributed by atoms with Gasteiger partial charge in [0.1, 0.15) is 6.04 Å². The Balaban J connectivity index is 0.991. The Bertz CT molecular complexity index is 1550. The van der Waals surface area contributed by atoms with Gasteiger partial charge in [0.15, 0.2) is 0 Å². The van der Waals surface area contributed by atoms with E-state index < -0.39 is 31.2 Å². The normalized spacial score (nSPS) is 30.9. The number of rotatable bonds is 20. The van der Waals surface area contributed by atoms with Crippen LogP contribution in [0.2, 0.25) is 0 Å². The molecule has 1 aromatic rings. The van der Waals surface area contributed by atoms with Crippen molar-refractivity contribution in [1.82, 2.24) is 25.8 Å². The second kappa shape index (κ2) is 21.0. The van der Waals surface area contributed by atoms with Crippen LogP contribution in [0, 0.1) is 46.3 Å². The van der Waals surface area contributed by atoms with Crippen molar-refractivity contribution in [3.8, 4) is 0 Å². The Morgan fingerprint density at radius 3 is 2.34 bits per heavy atom. The zero-order valence-electron chi connectivity index (χ0n) is 37.3. The Morgan fingerprint density at radius 2 is 1.63 bits per heavy atom. The van der Waals surface area contributed by atoms with E-state index in [-0.39, 0.29) is 17.9 Å². The molecule has 12 nitrogen and oxygen atoms in total. The minimum atomic E-state index is -1.57. The monoisotopic (exact) mass is 824 g/mol. The third-order valence-corrected chi connectivity index (χ3v) is 16.1. The molecule has 12 atom stereocenters. The van der Waals surface area contributed by atoms with Crippen molar-refractivity contribution in [3.63, 3.8) is 0 Å². The number of amides is 3. The molecule has 4 aliphatic rings. The summed E-state index contributed by atoms with van der Waals surface area (Å²) in [5.41, 5.74) is 1.97. The van der Waals surface area contributed by atoms with Gasteiger partial charge in [0.2, 0.25) is 17.7 Å². The number of nitrogens with zero attached hydrogens (tertiary/aromatic N) is 2. The van der Waals surface area contributed by atoms with Gasteiger partial charge >= 0.3 is 7.12 Å². The lowest BCUT2D eigenvalue weighted by atomic mass is 9.44. The predicted molar refractivity (Wildman–Crippen MR) is 233 cm³/mol. The lowest BCUT2D eigenvalue weighted by Gasteiger charge is -2.61. The average Bonchev–Trinajstić information content (AvgIpc) is 3.56. The summed E-state index contributed by atoms with van der Waals surface area (Å²) in [7, 11) is 3.65. The van der Waals surface area contributed by atoms with Crippen LogP contribution < -0.4 is 21.4 Å². The van der Waals surface area contributed by atoms with Crippen LogP contribution in [-0.2, 0) is 20.9 Å². The van der Waals surface area contributed by atoms with E-state index >= 15 is 0 Å². The molecule has 8 unspecified atom stereocenters. The second-order valence-electron chi connectivity index (χ2n) is 19.8. The molecule has 59 heavy (non-hydrogen) atoms. The van der Waals surface area contributed by atoms with E-state index in [9.17, 15) is 34.6 Å². The van der Waals surface area contributed by atoms with Crippen molar-refractivity contribution in [2.75, 3.05) is 40.8 Å². The van der Waals surface area contributed by atoms with Crippen molar-refractivity contribution in [3.05, 3.63) is 29.8 Å². The standard InChI is InChI=1S/C46H78BN5O7/c1-30(36-18-19-37-35-17-16-33-28-34(54)21-23-45(33,3)38(35)22-24-46(36,37)4)15-20-41(55)49-25-11-10-14-40(48-5)43(56)50-42(31(2)53)44(57)52(7)27-26-51(6)29-32-12-8-9-13-39(32)47(58)59/h8-9,12-13,30-31,33-38,40,42,48,53-54,58-59H,10-11,14-29H2,1-7H3,(H,49,55)(H,50,56)/t30?,31?,33-,34-,35?,36?,37?,38?,40?,42?,45+,46-/m0/s1. The lowest BCUT2D eigenvalue weighted by molar-refractivity contribution is -0.139. The summed E-state index contributed by atoms with van der Waals surface area (Å²) in [6.07, 6.45) is 13.2. The third-order valence-electron chi connectivity index (χ3n) is 16.1. The number of hydrogen-bond acceptors (Lipinski definition) is 9. The van der Waals surface area contributed by atoms with Crippen LogP contribution in [0.1, 0.15) is 123 Å². The highest BCUT2D eigenvalue weighted by Gasteiger charge is 2.60. The number of unbranched alkanes of at least 4 members (excludes halogenated alkanes) is 1. The molecule has 0 aromatic heterocycles. The molecule has 0 heterocycles. The van der Waals surface area contributed by atoms with E-state index in [0.717, 1.165) is 49.0 Å². The lowest BCUT2D eigenvalue weighted by Crippen LogP contribution is -2.57. The molecular formula is C46H78BN5O7. The smallest absolute Gasteiger partial charge is 0.423 e. The van der Waals surface area contributed by atoms with Gasteiger partial charge < -0.3 is 46.0 Å². The zero-order chi connectivity index (χ0) is 43.1. The van der Waals surface area contributed by atoms with Crippen molar-refractivity contribution in [2.45, 2.75) is 148 Å². The first-order valence-corrected chi connectivity index (χ1v) is 23.0. The predicted octanol–water partition coefficient (Wildman–Crippen LogP) is 3.43. The first-order chi connectivity index (χ1) is 28.0. The number of likely N-dealkylation sites (N-methyl/N-ethyl adjacent to an activating group) is 3. The van der Waals surface area contributed by atoms with Crippen LogP contribution >= 0.6 is 0 Å². The molecule has 3 amide bonds. The molecule has 7 N–H and O–H groups in total. The topological polar surface area (TPSA) is 175 Å². The number of nitrogens with one attached hydrogen (secondary N) is 3. The number of aliphatic hydroxyl groups is 2. The van der Waals surface area contributed by atoms with Crippen LogP contribution in [0.5, 0.6) is 0 Å². The van der Waals surface area contributed by atoms with E-state index in [1.807, 2.05) is 24.1 Å². The van der Waals surface area contributed by atoms with Gasteiger partial charge in [0.25, 0.3) is 0 Å². The highest BCUT2D eigenvalue weighted by Crippen LogP contribution is 2.68. The van der Waals surface area contributed by atoms with Gasteiger partial charge in [0.05, 0.1) is 18.2 Å². The third kappa shape index (κ3) is 11.3. The molecule has 4 aliphatic carbocycles. The molecule has 1 aromatic carbocycles. The highest BCUT2D eigenvalue weighted by atomic mass is 16.4. The average molecular weight is 824 g/mol. The Hall–Kier alpha value is -2.55. The van der Waals surface area contributed by atoms with E-state index in [1.165, 1.54) is 56.8 Å². The van der Waals surface area contributed by atoms with Gasteiger partial charge in [-0.15, -0.1) is 0 Å². The minimum absolute atomic E-state index is 0.0938. The van der Waals surface area contributed by atoms with Crippen molar-refractivity contribution < 1.29 is 34.6 Å². The largest absolute Gasteiger partial charge is 0.488 e. The fraction of sp³-hybridized carbons (Fsp3) is 0.804. The summed E-state index contributed by atoms with van der Waals surface area (Å²) in [5.74, 6) is 3.61. The maximum absolute atomic E-state index is 13.4. The molecule has 5 rings (SSSR count). The van der Waals surface area contributed by atoms with E-state index in [1.54, 1.807) is 26.2 Å². The Morgan fingerprint density at radius 1 is 0.915 bits per heavy atom. The van der Waals surface area contributed by atoms with Crippen LogP contribution in [0.15, 0.2) is 24.3 Å². The number of benzene rings is 1. The maximum atomic E-state index is 13.4. The number of hydrogen-bond donors (Lipinski definition) is 7. The SMILES string of the molecule is CNC(CCCCNC(=O)CCC(C)C1CCC2C3CC[C@H]4C[C@@H](O)CC[C@@]4(C)C3CC[C@@]12C)C(=O)NC(C(=O)N(C)CCN(C)Cc1ccccc1B(O)O)C(C)O.